The molecule has 0 aromatic carbocycles. The van der Waals surface area contributed by atoms with Crippen LogP contribution in [-0.4, -0.2) is 11.4 Å². The Labute approximate surface area is 68.9 Å². The van der Waals surface area contributed by atoms with E-state index in [-0.39, 0.29) is 12.4 Å². The first-order valence-electron chi connectivity index (χ1n) is 2.45. The number of nitrogens with one attached hydrogen (secondary N) is 1. The normalized spacial score (nSPS) is 8.10. The van der Waals surface area contributed by atoms with Crippen molar-refractivity contribution in [1.82, 2.24) is 4.98 Å². The molecule has 1 amide bonds. The molecule has 0 unspecified atom stereocenters. The number of carbonyl (C=O) groups is 1. The first-order chi connectivity index (χ1) is 4.33. The molecule has 56 valence electrons. The third-order valence-corrected chi connectivity index (χ3v) is 1.60. The molecule has 1 rings (SSSR count). The SMILES string of the molecule is Cc1nc(NC=O)cs1.Cl. The predicted molar refractivity (Wildman–Crippen MR) is 43.8 cm³/mol. The Morgan fingerprint density at radius 3 is 2.90 bits per heavy atom. The van der Waals surface area contributed by atoms with Gasteiger partial charge >= 0.3 is 0 Å². The number of hydrogen-bond acceptors (Lipinski definition) is 3. The minimum absolute atomic E-state index is 0. The number of anilines is 1. The summed E-state index contributed by atoms with van der Waals surface area (Å²) in [6, 6.07) is 0. The molecule has 5 heteroatoms. The van der Waals surface area contributed by atoms with Gasteiger partial charge in [-0.3, -0.25) is 4.79 Å². The molecule has 0 aliphatic heterocycles. The number of carbonyl (C=O) groups excluding carboxylic acids is 1. The standard InChI is InChI=1S/C5H6N2OS.ClH/c1-4-7-5(2-9-4)6-3-8;/h2-3H,1H3,(H,6,8);1H. The average Bonchev–Trinajstić information content (AvgIpc) is 2.17. The first-order valence-corrected chi connectivity index (χ1v) is 3.33. The van der Waals surface area contributed by atoms with Crippen molar-refractivity contribution < 1.29 is 4.79 Å². The highest BCUT2D eigenvalue weighted by Gasteiger charge is 1.92. The van der Waals surface area contributed by atoms with Gasteiger partial charge in [-0.05, 0) is 6.92 Å². The number of rotatable bonds is 2. The maximum atomic E-state index is 9.84. The topological polar surface area (TPSA) is 42.0 Å². The number of aryl methyl sites for hydroxylation is 1. The maximum absolute atomic E-state index is 9.84. The first kappa shape index (κ1) is 9.39. The lowest BCUT2D eigenvalue weighted by Crippen LogP contribution is -1.92. The van der Waals surface area contributed by atoms with Crippen LogP contribution in [0.1, 0.15) is 5.01 Å². The molecule has 0 saturated carbocycles. The Bertz CT molecular complexity index is 213. The molecule has 1 aromatic rings. The van der Waals surface area contributed by atoms with Crippen LogP contribution in [0.3, 0.4) is 0 Å². The van der Waals surface area contributed by atoms with Crippen molar-refractivity contribution >= 4 is 36.0 Å². The summed E-state index contributed by atoms with van der Waals surface area (Å²) in [6.45, 7) is 1.89. The molecule has 0 aliphatic carbocycles. The van der Waals surface area contributed by atoms with Gasteiger partial charge in [0, 0.05) is 5.38 Å². The summed E-state index contributed by atoms with van der Waals surface area (Å²) < 4.78 is 0. The van der Waals surface area contributed by atoms with E-state index in [1.165, 1.54) is 11.3 Å². The predicted octanol–water partition coefficient (Wildman–Crippen LogP) is 1.44. The molecule has 0 atom stereocenters. The van der Waals surface area contributed by atoms with Gasteiger partial charge in [0.05, 0.1) is 5.01 Å². The second-order valence-corrected chi connectivity index (χ2v) is 2.58. The third kappa shape index (κ3) is 2.33. The van der Waals surface area contributed by atoms with E-state index in [4.69, 9.17) is 0 Å². The molecule has 3 nitrogen and oxygen atoms in total. The highest BCUT2D eigenvalue weighted by molar-refractivity contribution is 7.09. The van der Waals surface area contributed by atoms with Crippen molar-refractivity contribution in [2.24, 2.45) is 0 Å². The fraction of sp³-hybridized carbons (Fsp3) is 0.200. The van der Waals surface area contributed by atoms with Crippen LogP contribution < -0.4 is 5.32 Å². The van der Waals surface area contributed by atoms with Gasteiger partial charge in [0.2, 0.25) is 6.41 Å². The highest BCUT2D eigenvalue weighted by Crippen LogP contribution is 2.10. The summed E-state index contributed by atoms with van der Waals surface area (Å²) in [5.74, 6) is 0.632. The van der Waals surface area contributed by atoms with Crippen LogP contribution in [-0.2, 0) is 4.79 Å². The fourth-order valence-electron chi connectivity index (χ4n) is 0.490. The fourth-order valence-corrected chi connectivity index (χ4v) is 1.04. The third-order valence-electron chi connectivity index (χ3n) is 0.826. The molecule has 0 aliphatic rings. The summed E-state index contributed by atoms with van der Waals surface area (Å²) in [5.41, 5.74) is 0. The van der Waals surface area contributed by atoms with Crippen LogP contribution in [0, 0.1) is 6.92 Å². The van der Waals surface area contributed by atoms with Crippen LogP contribution in [0.15, 0.2) is 5.38 Å². The lowest BCUT2D eigenvalue weighted by atomic mass is 10.7. The van der Waals surface area contributed by atoms with E-state index < -0.39 is 0 Å². The van der Waals surface area contributed by atoms with Crippen LogP contribution >= 0.6 is 23.7 Å². The Hall–Kier alpha value is -0.610. The zero-order valence-electron chi connectivity index (χ0n) is 5.33. The highest BCUT2D eigenvalue weighted by atomic mass is 35.5. The van der Waals surface area contributed by atoms with Crippen molar-refractivity contribution in [2.45, 2.75) is 6.92 Å². The van der Waals surface area contributed by atoms with Gasteiger partial charge in [-0.25, -0.2) is 4.98 Å². The molecule has 10 heavy (non-hydrogen) atoms. The van der Waals surface area contributed by atoms with Gasteiger partial charge in [-0.15, -0.1) is 23.7 Å². The van der Waals surface area contributed by atoms with Crippen molar-refractivity contribution in [2.75, 3.05) is 5.32 Å². The molecule has 0 radical (unpaired) electrons. The van der Waals surface area contributed by atoms with Crippen molar-refractivity contribution in [3.05, 3.63) is 10.4 Å². The van der Waals surface area contributed by atoms with E-state index in [0.29, 0.717) is 12.2 Å². The van der Waals surface area contributed by atoms with Crippen molar-refractivity contribution in [3.63, 3.8) is 0 Å². The summed E-state index contributed by atoms with van der Waals surface area (Å²) in [5, 5.41) is 5.20. The van der Waals surface area contributed by atoms with Gasteiger partial charge in [-0.1, -0.05) is 0 Å². The Morgan fingerprint density at radius 1 is 1.80 bits per heavy atom. The van der Waals surface area contributed by atoms with Gasteiger partial charge in [0.25, 0.3) is 0 Å². The second-order valence-electron chi connectivity index (χ2n) is 1.51. The number of nitrogens with zero attached hydrogens (tertiary/aromatic N) is 1. The van der Waals surface area contributed by atoms with Gasteiger partial charge in [0.15, 0.2) is 0 Å². The average molecular weight is 179 g/mol. The molecule has 0 saturated heterocycles. The molecular formula is C5H7ClN2OS. The Balaban J connectivity index is 0.000000810. The molecule has 0 fully saturated rings. The summed E-state index contributed by atoms with van der Waals surface area (Å²) >= 11 is 1.51. The molecule has 1 aromatic heterocycles. The summed E-state index contributed by atoms with van der Waals surface area (Å²) in [6.07, 6.45) is 0.620. The lowest BCUT2D eigenvalue weighted by Gasteiger charge is -1.84. The monoisotopic (exact) mass is 178 g/mol. The van der Waals surface area contributed by atoms with Gasteiger partial charge in [-0.2, -0.15) is 0 Å². The summed E-state index contributed by atoms with van der Waals surface area (Å²) in [7, 11) is 0. The number of halogens is 1. The molecule has 1 N–H and O–H groups in total. The lowest BCUT2D eigenvalue weighted by molar-refractivity contribution is -0.105. The van der Waals surface area contributed by atoms with Crippen LogP contribution in [0.25, 0.3) is 0 Å². The number of thiazole rings is 1. The number of amides is 1. The van der Waals surface area contributed by atoms with Gasteiger partial charge < -0.3 is 5.32 Å². The zero-order valence-corrected chi connectivity index (χ0v) is 6.96. The summed E-state index contributed by atoms with van der Waals surface area (Å²) in [4.78, 5) is 13.8. The quantitative estimate of drug-likeness (QED) is 0.697. The Morgan fingerprint density at radius 2 is 2.50 bits per heavy atom. The van der Waals surface area contributed by atoms with E-state index >= 15 is 0 Å². The smallest absolute Gasteiger partial charge is 0.212 e. The molecule has 0 bridgehead atoms. The van der Waals surface area contributed by atoms with Crippen LogP contribution in [0.4, 0.5) is 5.82 Å². The number of aromatic nitrogens is 1. The Kier molecular flexibility index (Phi) is 3.99. The number of hydrogen-bond donors (Lipinski definition) is 1. The van der Waals surface area contributed by atoms with E-state index in [1.807, 2.05) is 6.92 Å². The van der Waals surface area contributed by atoms with Gasteiger partial charge in [0.1, 0.15) is 5.82 Å². The largest absolute Gasteiger partial charge is 0.313 e. The van der Waals surface area contributed by atoms with E-state index in [2.05, 4.69) is 10.3 Å². The molecule has 1 heterocycles. The minimum Gasteiger partial charge on any atom is -0.313 e. The zero-order chi connectivity index (χ0) is 6.69. The molecular weight excluding hydrogens is 172 g/mol. The van der Waals surface area contributed by atoms with Crippen LogP contribution in [0.5, 0.6) is 0 Å². The maximum Gasteiger partial charge on any atom is 0.212 e. The van der Waals surface area contributed by atoms with Crippen LogP contribution in [0.2, 0.25) is 0 Å². The minimum atomic E-state index is 0. The molecule has 0 spiro atoms. The van der Waals surface area contributed by atoms with E-state index in [0.717, 1.165) is 5.01 Å². The second kappa shape index (κ2) is 4.24. The van der Waals surface area contributed by atoms with E-state index in [9.17, 15) is 4.79 Å². The van der Waals surface area contributed by atoms with Crippen molar-refractivity contribution in [3.8, 4) is 0 Å². The van der Waals surface area contributed by atoms with E-state index in [1.54, 1.807) is 5.38 Å². The van der Waals surface area contributed by atoms with Crippen molar-refractivity contribution in [1.29, 1.82) is 0 Å².